The van der Waals surface area contributed by atoms with E-state index in [0.717, 1.165) is 48.1 Å². The second-order valence-electron chi connectivity index (χ2n) is 7.35. The van der Waals surface area contributed by atoms with Crippen molar-refractivity contribution < 1.29 is 4.74 Å². The SMILES string of the molecule is C=C/C(=C\C=NCN1CCC(OC)CC1)c1n[nH]c2cnc(C3CC3)cc12. The molecule has 2 aliphatic rings. The van der Waals surface area contributed by atoms with E-state index in [4.69, 9.17) is 4.74 Å². The van der Waals surface area contributed by atoms with Crippen LogP contribution in [-0.2, 0) is 4.74 Å². The maximum absolute atomic E-state index is 5.41. The molecule has 27 heavy (non-hydrogen) atoms. The number of hydrogen-bond donors (Lipinski definition) is 1. The van der Waals surface area contributed by atoms with E-state index in [-0.39, 0.29) is 0 Å². The van der Waals surface area contributed by atoms with Gasteiger partial charge in [-0.05, 0) is 37.8 Å². The summed E-state index contributed by atoms with van der Waals surface area (Å²) in [4.78, 5) is 11.5. The molecular weight excluding hydrogens is 338 g/mol. The highest BCUT2D eigenvalue weighted by atomic mass is 16.5. The Kier molecular flexibility index (Phi) is 5.45. The average molecular weight is 365 g/mol. The summed E-state index contributed by atoms with van der Waals surface area (Å²) in [7, 11) is 1.79. The van der Waals surface area contributed by atoms with Gasteiger partial charge in [0.2, 0.25) is 0 Å². The van der Waals surface area contributed by atoms with Gasteiger partial charge in [0.1, 0.15) is 5.69 Å². The van der Waals surface area contributed by atoms with E-state index in [2.05, 4.69) is 37.7 Å². The second kappa shape index (κ2) is 8.15. The lowest BCUT2D eigenvalue weighted by atomic mass is 10.1. The molecular formula is C21H27N5O. The number of ether oxygens (including phenoxy) is 1. The third-order valence-electron chi connectivity index (χ3n) is 5.47. The predicted octanol–water partition coefficient (Wildman–Crippen LogP) is 3.54. The molecule has 1 saturated heterocycles. The zero-order chi connectivity index (χ0) is 18.6. The van der Waals surface area contributed by atoms with Crippen LogP contribution < -0.4 is 0 Å². The van der Waals surface area contributed by atoms with E-state index < -0.39 is 0 Å². The van der Waals surface area contributed by atoms with Crippen molar-refractivity contribution in [1.82, 2.24) is 20.1 Å². The van der Waals surface area contributed by atoms with Crippen LogP contribution >= 0.6 is 0 Å². The zero-order valence-electron chi connectivity index (χ0n) is 15.9. The van der Waals surface area contributed by atoms with Crippen LogP contribution in [0, 0.1) is 0 Å². The summed E-state index contributed by atoms with van der Waals surface area (Å²) < 4.78 is 5.41. The predicted molar refractivity (Wildman–Crippen MR) is 109 cm³/mol. The highest BCUT2D eigenvalue weighted by molar-refractivity contribution is 5.97. The lowest BCUT2D eigenvalue weighted by Gasteiger charge is -2.29. The van der Waals surface area contributed by atoms with Gasteiger partial charge in [-0.2, -0.15) is 5.10 Å². The molecule has 3 heterocycles. The number of aromatic amines is 1. The number of pyridine rings is 1. The van der Waals surface area contributed by atoms with Gasteiger partial charge in [-0.15, -0.1) is 0 Å². The fourth-order valence-corrected chi connectivity index (χ4v) is 3.58. The van der Waals surface area contributed by atoms with E-state index >= 15 is 0 Å². The van der Waals surface area contributed by atoms with Crippen LogP contribution in [0.15, 0.2) is 36.0 Å². The van der Waals surface area contributed by atoms with Gasteiger partial charge < -0.3 is 4.74 Å². The van der Waals surface area contributed by atoms with Crippen molar-refractivity contribution in [2.45, 2.75) is 37.7 Å². The highest BCUT2D eigenvalue weighted by Gasteiger charge is 2.25. The number of H-pyrrole nitrogens is 1. The zero-order valence-corrected chi connectivity index (χ0v) is 15.9. The standard InChI is InChI=1S/C21H27N5O/c1-3-15(6-9-22-14-26-10-7-17(27-2)8-11-26)21-18-12-19(16-4-5-16)23-13-20(18)24-25-21/h3,6,9,12-13,16-17H,1,4-5,7-8,10-11,14H2,2H3,(H,24,25)/b15-6+,22-9?. The van der Waals surface area contributed by atoms with Crippen LogP contribution in [0.3, 0.4) is 0 Å². The minimum atomic E-state index is 0.403. The molecule has 1 saturated carbocycles. The molecule has 0 bridgehead atoms. The summed E-state index contributed by atoms with van der Waals surface area (Å²) in [6, 6.07) is 2.17. The number of likely N-dealkylation sites (tertiary alicyclic amines) is 1. The van der Waals surface area contributed by atoms with Gasteiger partial charge in [0.15, 0.2) is 0 Å². The number of nitrogens with one attached hydrogen (secondary N) is 1. The minimum absolute atomic E-state index is 0.403. The van der Waals surface area contributed by atoms with Gasteiger partial charge in [-0.1, -0.05) is 12.7 Å². The molecule has 0 unspecified atom stereocenters. The lowest BCUT2D eigenvalue weighted by molar-refractivity contribution is 0.0421. The Hall–Kier alpha value is -2.31. The van der Waals surface area contributed by atoms with E-state index in [1.807, 2.05) is 24.6 Å². The number of nitrogens with zero attached hydrogens (tertiary/aromatic N) is 4. The first-order valence-electron chi connectivity index (χ1n) is 9.70. The molecule has 1 aliphatic heterocycles. The molecule has 1 aliphatic carbocycles. The van der Waals surface area contributed by atoms with Crippen LogP contribution in [0.1, 0.15) is 43.0 Å². The van der Waals surface area contributed by atoms with Crippen LogP contribution in [0.4, 0.5) is 0 Å². The summed E-state index contributed by atoms with van der Waals surface area (Å²) in [6.07, 6.45) is 12.6. The third kappa shape index (κ3) is 4.17. The Bertz CT molecular complexity index is 857. The summed E-state index contributed by atoms with van der Waals surface area (Å²) >= 11 is 0. The number of aromatic nitrogens is 3. The summed E-state index contributed by atoms with van der Waals surface area (Å²) in [5, 5.41) is 8.66. The number of aliphatic imine (C=N–C) groups is 1. The molecule has 1 N–H and O–H groups in total. The van der Waals surface area contributed by atoms with Crippen LogP contribution in [0.2, 0.25) is 0 Å². The molecule has 6 nitrogen and oxygen atoms in total. The van der Waals surface area contributed by atoms with Crippen LogP contribution in [-0.4, -0.2) is 59.3 Å². The quantitative estimate of drug-likeness (QED) is 0.602. The largest absolute Gasteiger partial charge is 0.381 e. The van der Waals surface area contributed by atoms with Gasteiger partial charge in [-0.25, -0.2) is 0 Å². The number of rotatable bonds is 7. The molecule has 2 fully saturated rings. The smallest absolute Gasteiger partial charge is 0.100 e. The lowest BCUT2D eigenvalue weighted by Crippen LogP contribution is -2.36. The fraction of sp³-hybridized carbons (Fsp3) is 0.476. The van der Waals surface area contributed by atoms with Crippen molar-refractivity contribution in [1.29, 1.82) is 0 Å². The van der Waals surface area contributed by atoms with Gasteiger partial charge in [0.05, 0.1) is 24.5 Å². The summed E-state index contributed by atoms with van der Waals surface area (Å²) in [5.41, 5.74) is 4.01. The first-order valence-corrected chi connectivity index (χ1v) is 9.70. The Morgan fingerprint density at radius 1 is 1.37 bits per heavy atom. The highest BCUT2D eigenvalue weighted by Crippen LogP contribution is 2.40. The molecule has 0 atom stereocenters. The maximum Gasteiger partial charge on any atom is 0.100 e. The van der Waals surface area contributed by atoms with Gasteiger partial charge in [0, 0.05) is 49.0 Å². The van der Waals surface area contributed by atoms with Gasteiger partial charge in [0.25, 0.3) is 0 Å². The molecule has 0 radical (unpaired) electrons. The molecule has 2 aromatic rings. The summed E-state index contributed by atoms with van der Waals surface area (Å²) in [6.45, 7) is 6.75. The van der Waals surface area contributed by atoms with Crippen molar-refractivity contribution in [2.24, 2.45) is 4.99 Å². The Balaban J connectivity index is 1.44. The first-order chi connectivity index (χ1) is 13.3. The first kappa shape index (κ1) is 18.1. The molecule has 0 aromatic carbocycles. The van der Waals surface area contributed by atoms with Crippen molar-refractivity contribution in [3.8, 4) is 0 Å². The molecule has 0 spiro atoms. The Morgan fingerprint density at radius 2 is 2.19 bits per heavy atom. The number of methoxy groups -OCH3 is 1. The van der Waals surface area contributed by atoms with Crippen molar-refractivity contribution in [3.05, 3.63) is 42.4 Å². The number of hydrogen-bond acceptors (Lipinski definition) is 5. The average Bonchev–Trinajstić information content (AvgIpc) is 3.49. The van der Waals surface area contributed by atoms with Crippen molar-refractivity contribution in [2.75, 3.05) is 26.9 Å². The monoisotopic (exact) mass is 365 g/mol. The van der Waals surface area contributed by atoms with Gasteiger partial charge in [-0.3, -0.25) is 20.0 Å². The summed E-state index contributed by atoms with van der Waals surface area (Å²) in [5.74, 6) is 0.622. The van der Waals surface area contributed by atoms with Crippen molar-refractivity contribution >= 4 is 22.7 Å². The van der Waals surface area contributed by atoms with E-state index in [1.165, 1.54) is 18.5 Å². The van der Waals surface area contributed by atoms with Crippen molar-refractivity contribution in [3.63, 3.8) is 0 Å². The van der Waals surface area contributed by atoms with Crippen LogP contribution in [0.25, 0.3) is 16.5 Å². The normalized spacial score (nSPS) is 20.0. The van der Waals surface area contributed by atoms with Crippen LogP contribution in [0.5, 0.6) is 0 Å². The van der Waals surface area contributed by atoms with Gasteiger partial charge >= 0.3 is 0 Å². The van der Waals surface area contributed by atoms with E-state index in [0.29, 0.717) is 18.7 Å². The molecule has 0 amide bonds. The number of fused-ring (bicyclic) bond motifs is 1. The molecule has 4 rings (SSSR count). The Morgan fingerprint density at radius 3 is 2.89 bits per heavy atom. The number of allylic oxidation sites excluding steroid dienone is 3. The molecule has 6 heteroatoms. The minimum Gasteiger partial charge on any atom is -0.381 e. The number of piperidine rings is 1. The molecule has 2 aromatic heterocycles. The second-order valence-corrected chi connectivity index (χ2v) is 7.35. The molecule has 142 valence electrons. The Labute approximate surface area is 160 Å². The van der Waals surface area contributed by atoms with E-state index in [1.54, 1.807) is 7.11 Å². The fourth-order valence-electron chi connectivity index (χ4n) is 3.58. The maximum atomic E-state index is 5.41. The topological polar surface area (TPSA) is 66.4 Å². The van der Waals surface area contributed by atoms with E-state index in [9.17, 15) is 0 Å². The third-order valence-corrected chi connectivity index (χ3v) is 5.47.